The molecule has 6 nitrogen and oxygen atoms in total. The van der Waals surface area contributed by atoms with Gasteiger partial charge in [-0.25, -0.2) is 4.79 Å². The highest BCUT2D eigenvalue weighted by atomic mass is 32.2. The van der Waals surface area contributed by atoms with Crippen molar-refractivity contribution in [3.05, 3.63) is 22.7 Å². The van der Waals surface area contributed by atoms with Crippen LogP contribution in [0.3, 0.4) is 0 Å². The first-order valence-corrected chi connectivity index (χ1v) is 5.35. The van der Waals surface area contributed by atoms with E-state index >= 15 is 0 Å². The van der Waals surface area contributed by atoms with Gasteiger partial charge in [0.15, 0.2) is 6.23 Å². The smallest absolute Gasteiger partial charge is 0.351 e. The Kier molecular flexibility index (Phi) is 2.45. The van der Waals surface area contributed by atoms with E-state index in [1.54, 1.807) is 0 Å². The van der Waals surface area contributed by atoms with Crippen molar-refractivity contribution < 1.29 is 9.84 Å². The van der Waals surface area contributed by atoms with Crippen molar-refractivity contribution in [2.24, 2.45) is 0 Å². The van der Waals surface area contributed by atoms with Gasteiger partial charge in [-0.2, -0.15) is 4.98 Å². The van der Waals surface area contributed by atoms with Gasteiger partial charge in [-0.1, -0.05) is 11.8 Å². The minimum Gasteiger partial charge on any atom is -0.383 e. The van der Waals surface area contributed by atoms with Gasteiger partial charge in [0.2, 0.25) is 5.12 Å². The zero-order valence-corrected chi connectivity index (χ0v) is 8.90. The standard InChI is InChI=1S/C8H11N3O3S/c1-8(13)14-6(4-15-8)11-3-2-5(9)10-7(11)12/h2-3,6,13H,4H2,1H3,(H2,9,10,12). The van der Waals surface area contributed by atoms with E-state index in [0.29, 0.717) is 5.75 Å². The number of aliphatic hydroxyl groups is 1. The molecule has 82 valence electrons. The molecule has 3 N–H and O–H groups in total. The van der Waals surface area contributed by atoms with Crippen LogP contribution in [-0.4, -0.2) is 25.5 Å². The summed E-state index contributed by atoms with van der Waals surface area (Å²) in [4.78, 5) is 15.0. The normalized spacial score (nSPS) is 30.7. The van der Waals surface area contributed by atoms with Gasteiger partial charge in [0, 0.05) is 18.9 Å². The number of nitrogen functional groups attached to an aromatic ring is 1. The maximum absolute atomic E-state index is 11.4. The predicted molar refractivity (Wildman–Crippen MR) is 56.1 cm³/mol. The Labute approximate surface area is 90.1 Å². The van der Waals surface area contributed by atoms with Crippen molar-refractivity contribution in [2.75, 3.05) is 11.5 Å². The first-order chi connectivity index (χ1) is 6.98. The average molecular weight is 229 g/mol. The molecule has 0 radical (unpaired) electrons. The second-order valence-electron chi connectivity index (χ2n) is 3.32. The lowest BCUT2D eigenvalue weighted by atomic mass is 10.5. The fourth-order valence-electron chi connectivity index (χ4n) is 1.33. The van der Waals surface area contributed by atoms with E-state index in [-0.39, 0.29) is 5.82 Å². The first-order valence-electron chi connectivity index (χ1n) is 4.37. The Morgan fingerprint density at radius 1 is 1.87 bits per heavy atom. The molecule has 15 heavy (non-hydrogen) atoms. The lowest BCUT2D eigenvalue weighted by Gasteiger charge is -2.17. The molecule has 0 aliphatic carbocycles. The van der Waals surface area contributed by atoms with E-state index < -0.39 is 17.0 Å². The van der Waals surface area contributed by atoms with Crippen LogP contribution in [0.25, 0.3) is 0 Å². The number of nitrogens with zero attached hydrogens (tertiary/aromatic N) is 2. The van der Waals surface area contributed by atoms with Gasteiger partial charge in [-0.05, 0) is 6.07 Å². The number of aromatic nitrogens is 2. The van der Waals surface area contributed by atoms with Crippen LogP contribution in [0.15, 0.2) is 17.1 Å². The fourth-order valence-corrected chi connectivity index (χ4v) is 2.19. The summed E-state index contributed by atoms with van der Waals surface area (Å²) >= 11 is 1.23. The van der Waals surface area contributed by atoms with Crippen molar-refractivity contribution in [1.29, 1.82) is 0 Å². The SMILES string of the molecule is CC1(O)OC(n2ccc(N)nc2=O)CS1. The average Bonchev–Trinajstić information content (AvgIpc) is 2.46. The summed E-state index contributed by atoms with van der Waals surface area (Å²) in [7, 11) is 0. The third-order valence-electron chi connectivity index (χ3n) is 2.01. The molecule has 1 aromatic heterocycles. The van der Waals surface area contributed by atoms with Crippen LogP contribution < -0.4 is 11.4 Å². The summed E-state index contributed by atoms with van der Waals surface area (Å²) in [5, 5.41) is 8.31. The van der Waals surface area contributed by atoms with E-state index in [9.17, 15) is 9.90 Å². The molecule has 1 saturated heterocycles. The Morgan fingerprint density at radius 2 is 2.60 bits per heavy atom. The summed E-state index contributed by atoms with van der Waals surface area (Å²) in [6.45, 7) is 1.54. The number of nitrogens with two attached hydrogens (primary N) is 1. The van der Waals surface area contributed by atoms with Crippen LogP contribution in [0, 0.1) is 0 Å². The van der Waals surface area contributed by atoms with E-state index in [4.69, 9.17) is 10.5 Å². The van der Waals surface area contributed by atoms with Crippen molar-refractivity contribution in [3.8, 4) is 0 Å². The van der Waals surface area contributed by atoms with Gasteiger partial charge in [0.1, 0.15) is 5.82 Å². The molecule has 2 atom stereocenters. The zero-order valence-electron chi connectivity index (χ0n) is 8.08. The molecule has 0 amide bonds. The van der Waals surface area contributed by atoms with Gasteiger partial charge in [0.25, 0.3) is 0 Å². The molecule has 1 aliphatic heterocycles. The molecular formula is C8H11N3O3S. The van der Waals surface area contributed by atoms with Crippen molar-refractivity contribution in [1.82, 2.24) is 9.55 Å². The van der Waals surface area contributed by atoms with Crippen molar-refractivity contribution in [3.63, 3.8) is 0 Å². The van der Waals surface area contributed by atoms with E-state index in [2.05, 4.69) is 4.98 Å². The van der Waals surface area contributed by atoms with E-state index in [1.165, 1.54) is 35.5 Å². The first kappa shape index (κ1) is 10.5. The molecule has 0 bridgehead atoms. The molecule has 0 saturated carbocycles. The van der Waals surface area contributed by atoms with Crippen molar-refractivity contribution >= 4 is 17.6 Å². The van der Waals surface area contributed by atoms with Crippen LogP contribution in [0.5, 0.6) is 0 Å². The molecule has 1 aliphatic rings. The maximum atomic E-state index is 11.4. The third-order valence-corrected chi connectivity index (χ3v) is 3.09. The highest BCUT2D eigenvalue weighted by Crippen LogP contribution is 2.37. The van der Waals surface area contributed by atoms with E-state index in [1.807, 2.05) is 0 Å². The van der Waals surface area contributed by atoms with Crippen LogP contribution in [0.4, 0.5) is 5.82 Å². The topological polar surface area (TPSA) is 90.4 Å². The molecule has 0 aromatic carbocycles. The number of hydrogen-bond acceptors (Lipinski definition) is 6. The van der Waals surface area contributed by atoms with Gasteiger partial charge in [-0.3, -0.25) is 4.57 Å². The summed E-state index contributed by atoms with van der Waals surface area (Å²) in [6, 6.07) is 1.52. The van der Waals surface area contributed by atoms with Gasteiger partial charge < -0.3 is 15.6 Å². The van der Waals surface area contributed by atoms with Crippen LogP contribution in [0.1, 0.15) is 13.2 Å². The summed E-state index contributed by atoms with van der Waals surface area (Å²) in [6.07, 6.45) is 1.02. The molecular weight excluding hydrogens is 218 g/mol. The Hall–Kier alpha value is -1.05. The fraction of sp³-hybridized carbons (Fsp3) is 0.500. The quantitative estimate of drug-likeness (QED) is 0.690. The van der Waals surface area contributed by atoms with Gasteiger partial charge in [0.05, 0.1) is 0 Å². The highest BCUT2D eigenvalue weighted by Gasteiger charge is 2.36. The lowest BCUT2D eigenvalue weighted by molar-refractivity contribution is -0.154. The minimum absolute atomic E-state index is 0.175. The van der Waals surface area contributed by atoms with Gasteiger partial charge >= 0.3 is 5.69 Å². The Bertz CT molecular complexity index is 431. The van der Waals surface area contributed by atoms with E-state index in [0.717, 1.165) is 0 Å². The lowest BCUT2D eigenvalue weighted by Crippen LogP contribution is -2.30. The number of anilines is 1. The van der Waals surface area contributed by atoms with Crippen LogP contribution in [0.2, 0.25) is 0 Å². The zero-order chi connectivity index (χ0) is 11.1. The maximum Gasteiger partial charge on any atom is 0.351 e. The molecule has 7 heteroatoms. The summed E-state index contributed by atoms with van der Waals surface area (Å²) in [5.74, 6) is 0.673. The highest BCUT2D eigenvalue weighted by molar-refractivity contribution is 8.00. The molecule has 1 aromatic rings. The minimum atomic E-state index is -1.24. The summed E-state index contributed by atoms with van der Waals surface area (Å²) < 4.78 is 6.57. The number of thioether (sulfide) groups is 1. The third kappa shape index (κ3) is 2.14. The van der Waals surface area contributed by atoms with Crippen LogP contribution >= 0.6 is 11.8 Å². The van der Waals surface area contributed by atoms with Crippen molar-refractivity contribution in [2.45, 2.75) is 18.3 Å². The molecule has 2 rings (SSSR count). The number of rotatable bonds is 1. The molecule has 1 fully saturated rings. The number of ether oxygens (including phenoxy) is 1. The van der Waals surface area contributed by atoms with Crippen LogP contribution in [-0.2, 0) is 4.74 Å². The van der Waals surface area contributed by atoms with Gasteiger partial charge in [-0.15, -0.1) is 0 Å². The Balaban J connectivity index is 2.28. The molecule has 2 heterocycles. The predicted octanol–water partition coefficient (Wildman–Crippen LogP) is -0.246. The monoisotopic (exact) mass is 229 g/mol. The molecule has 0 spiro atoms. The Morgan fingerprint density at radius 3 is 3.13 bits per heavy atom. The second-order valence-corrected chi connectivity index (χ2v) is 4.70. The summed E-state index contributed by atoms with van der Waals surface area (Å²) in [5.41, 5.74) is 4.89. The second kappa shape index (κ2) is 3.51. The largest absolute Gasteiger partial charge is 0.383 e. The number of hydrogen-bond donors (Lipinski definition) is 2. The molecule has 2 unspecified atom stereocenters.